The fraction of sp³-hybridized carbons (Fsp3) is 0.115. The van der Waals surface area contributed by atoms with Crippen molar-refractivity contribution in [3.05, 3.63) is 101 Å². The molecule has 4 rings (SSSR count). The zero-order valence-electron chi connectivity index (χ0n) is 19.0. The van der Waals surface area contributed by atoms with Gasteiger partial charge in [-0.2, -0.15) is 13.2 Å². The summed E-state index contributed by atoms with van der Waals surface area (Å²) in [6.07, 6.45) is -5.04. The number of halogens is 3. The van der Waals surface area contributed by atoms with Gasteiger partial charge in [-0.3, -0.25) is 9.59 Å². The molecule has 0 saturated heterocycles. The average Bonchev–Trinajstić information content (AvgIpc) is 3.27. The number of nitrogens with one attached hydrogen (secondary N) is 1. The number of aromatic nitrogens is 1. The number of hydrogen-bond donors (Lipinski definition) is 1. The molecular formula is C26H19F3N2O4S2. The van der Waals surface area contributed by atoms with Gasteiger partial charge in [0.2, 0.25) is 11.7 Å². The van der Waals surface area contributed by atoms with Crippen LogP contribution in [-0.2, 0) is 21.1 Å². The lowest BCUT2D eigenvalue weighted by molar-refractivity contribution is -0.115. The second-order valence-corrected chi connectivity index (χ2v) is 11.0. The number of anilines is 1. The SMILES string of the molecule is O=C(Cc1ccc(S(=O)(=O)CC(F)(F)F)cc1)Nc1nc(-c2ccccc2)c(C(=O)c2ccccc2)s1. The van der Waals surface area contributed by atoms with E-state index in [1.807, 2.05) is 18.2 Å². The van der Waals surface area contributed by atoms with Crippen LogP contribution >= 0.6 is 11.3 Å². The van der Waals surface area contributed by atoms with Gasteiger partial charge in [-0.25, -0.2) is 13.4 Å². The Labute approximate surface area is 214 Å². The molecule has 190 valence electrons. The fourth-order valence-corrected chi connectivity index (χ4v) is 5.62. The van der Waals surface area contributed by atoms with E-state index in [0.717, 1.165) is 23.5 Å². The van der Waals surface area contributed by atoms with Crippen molar-refractivity contribution in [1.82, 2.24) is 4.98 Å². The molecule has 0 aliphatic carbocycles. The lowest BCUT2D eigenvalue weighted by Gasteiger charge is -2.08. The van der Waals surface area contributed by atoms with Crippen LogP contribution in [0.25, 0.3) is 11.3 Å². The summed E-state index contributed by atoms with van der Waals surface area (Å²) in [4.78, 5) is 30.2. The number of alkyl halides is 3. The molecule has 37 heavy (non-hydrogen) atoms. The molecule has 0 spiro atoms. The molecule has 0 radical (unpaired) electrons. The second kappa shape index (κ2) is 10.7. The molecule has 0 aliphatic heterocycles. The predicted octanol–water partition coefficient (Wildman–Crippen LogP) is 5.56. The van der Waals surface area contributed by atoms with Crippen molar-refractivity contribution in [2.75, 3.05) is 11.1 Å². The molecular weight excluding hydrogens is 525 g/mol. The second-order valence-electron chi connectivity index (χ2n) is 8.00. The first-order valence-electron chi connectivity index (χ1n) is 10.9. The van der Waals surface area contributed by atoms with Crippen LogP contribution in [-0.4, -0.2) is 37.0 Å². The largest absolute Gasteiger partial charge is 0.403 e. The molecule has 4 aromatic rings. The number of amides is 1. The number of carbonyl (C=O) groups is 2. The lowest BCUT2D eigenvalue weighted by Crippen LogP contribution is -2.22. The Hall–Kier alpha value is -3.83. The summed E-state index contributed by atoms with van der Waals surface area (Å²) in [5.74, 6) is -2.69. The zero-order chi connectivity index (χ0) is 26.6. The summed E-state index contributed by atoms with van der Waals surface area (Å²) >= 11 is 1.03. The highest BCUT2D eigenvalue weighted by Crippen LogP contribution is 2.33. The zero-order valence-corrected chi connectivity index (χ0v) is 20.7. The number of nitrogens with zero attached hydrogens (tertiary/aromatic N) is 1. The minimum atomic E-state index is -4.86. The van der Waals surface area contributed by atoms with Gasteiger partial charge in [0, 0.05) is 11.1 Å². The first kappa shape index (κ1) is 26.2. The molecule has 3 aromatic carbocycles. The van der Waals surface area contributed by atoms with Gasteiger partial charge in [-0.1, -0.05) is 84.1 Å². The van der Waals surface area contributed by atoms with Crippen LogP contribution in [0, 0.1) is 0 Å². The van der Waals surface area contributed by atoms with Crippen molar-refractivity contribution < 1.29 is 31.2 Å². The van der Waals surface area contributed by atoms with Crippen molar-refractivity contribution in [3.63, 3.8) is 0 Å². The van der Waals surface area contributed by atoms with Gasteiger partial charge in [-0.05, 0) is 17.7 Å². The Morgan fingerprint density at radius 2 is 1.46 bits per heavy atom. The van der Waals surface area contributed by atoms with E-state index in [1.54, 1.807) is 42.5 Å². The smallest absolute Gasteiger partial charge is 0.302 e. The number of hydrogen-bond acceptors (Lipinski definition) is 6. The molecule has 0 unspecified atom stereocenters. The quantitative estimate of drug-likeness (QED) is 0.293. The summed E-state index contributed by atoms with van der Waals surface area (Å²) < 4.78 is 61.4. The Morgan fingerprint density at radius 1 is 0.865 bits per heavy atom. The third kappa shape index (κ3) is 6.69. The number of ketones is 1. The molecule has 6 nitrogen and oxygen atoms in total. The molecule has 1 amide bonds. The van der Waals surface area contributed by atoms with Crippen molar-refractivity contribution in [3.8, 4) is 11.3 Å². The van der Waals surface area contributed by atoms with E-state index >= 15 is 0 Å². The maximum Gasteiger partial charge on any atom is 0.403 e. The van der Waals surface area contributed by atoms with E-state index < -0.39 is 32.6 Å². The van der Waals surface area contributed by atoms with E-state index in [4.69, 9.17) is 0 Å². The van der Waals surface area contributed by atoms with Gasteiger partial charge < -0.3 is 5.32 Å². The Kier molecular flexibility index (Phi) is 7.55. The van der Waals surface area contributed by atoms with Crippen molar-refractivity contribution in [2.24, 2.45) is 0 Å². The van der Waals surface area contributed by atoms with Crippen molar-refractivity contribution in [1.29, 1.82) is 0 Å². The third-order valence-corrected chi connectivity index (χ3v) is 7.83. The van der Waals surface area contributed by atoms with Crippen LogP contribution in [0.15, 0.2) is 89.8 Å². The summed E-state index contributed by atoms with van der Waals surface area (Å²) in [5, 5.41) is 2.85. The van der Waals surface area contributed by atoms with Crippen LogP contribution in [0.2, 0.25) is 0 Å². The number of benzene rings is 3. The summed E-state index contributed by atoms with van der Waals surface area (Å²) in [5.41, 5.74) is 1.99. The van der Waals surface area contributed by atoms with Crippen LogP contribution < -0.4 is 5.32 Å². The Morgan fingerprint density at radius 3 is 2.05 bits per heavy atom. The maximum absolute atomic E-state index is 13.2. The van der Waals surface area contributed by atoms with Crippen LogP contribution in [0.3, 0.4) is 0 Å². The third-order valence-electron chi connectivity index (χ3n) is 5.16. The first-order valence-corrected chi connectivity index (χ1v) is 13.3. The average molecular weight is 545 g/mol. The number of thiazole rings is 1. The van der Waals surface area contributed by atoms with Crippen LogP contribution in [0.4, 0.5) is 18.3 Å². The van der Waals surface area contributed by atoms with Gasteiger partial charge in [0.1, 0.15) is 4.88 Å². The molecule has 0 bridgehead atoms. The summed E-state index contributed by atoms with van der Waals surface area (Å²) in [6, 6.07) is 22.4. The first-order chi connectivity index (χ1) is 17.5. The van der Waals surface area contributed by atoms with E-state index in [2.05, 4.69) is 10.3 Å². The van der Waals surface area contributed by atoms with Crippen molar-refractivity contribution in [2.45, 2.75) is 17.5 Å². The van der Waals surface area contributed by atoms with Crippen molar-refractivity contribution >= 4 is 38.0 Å². The van der Waals surface area contributed by atoms with Gasteiger partial charge in [0.25, 0.3) is 0 Å². The number of rotatable bonds is 8. The van der Waals surface area contributed by atoms with E-state index in [-0.39, 0.29) is 17.3 Å². The van der Waals surface area contributed by atoms with Gasteiger partial charge >= 0.3 is 6.18 Å². The Balaban J connectivity index is 1.53. The highest BCUT2D eigenvalue weighted by atomic mass is 32.2. The van der Waals surface area contributed by atoms with Crippen LogP contribution in [0.1, 0.15) is 20.8 Å². The topological polar surface area (TPSA) is 93.2 Å². The molecule has 0 saturated carbocycles. The molecule has 1 N–H and O–H groups in total. The number of carbonyl (C=O) groups excluding carboxylic acids is 2. The molecule has 1 heterocycles. The predicted molar refractivity (Wildman–Crippen MR) is 134 cm³/mol. The van der Waals surface area contributed by atoms with Gasteiger partial charge in [0.15, 0.2) is 20.7 Å². The monoisotopic (exact) mass is 544 g/mol. The van der Waals surface area contributed by atoms with E-state index in [9.17, 15) is 31.2 Å². The molecule has 0 atom stereocenters. The highest BCUT2D eigenvalue weighted by molar-refractivity contribution is 7.91. The standard InChI is InChI=1S/C26H19F3N2O4S2/c27-26(28,29)16-37(34,35)20-13-11-17(12-14-20)15-21(32)30-25-31-22(18-7-3-1-4-8-18)24(36-25)23(33)19-9-5-2-6-10-19/h1-14H,15-16H2,(H,30,31,32). The lowest BCUT2D eigenvalue weighted by atomic mass is 10.1. The van der Waals surface area contributed by atoms with Gasteiger partial charge in [-0.15, -0.1) is 0 Å². The molecule has 11 heteroatoms. The minimum Gasteiger partial charge on any atom is -0.302 e. The van der Waals surface area contributed by atoms with Gasteiger partial charge in [0.05, 0.1) is 17.0 Å². The Bertz CT molecular complexity index is 1520. The summed E-state index contributed by atoms with van der Waals surface area (Å²) in [6.45, 7) is 0. The normalized spacial score (nSPS) is 11.8. The fourth-order valence-electron chi connectivity index (χ4n) is 3.50. The summed E-state index contributed by atoms with van der Waals surface area (Å²) in [7, 11) is -4.54. The molecule has 0 fully saturated rings. The van der Waals surface area contributed by atoms with E-state index in [1.165, 1.54) is 12.1 Å². The number of sulfone groups is 1. The molecule has 0 aliphatic rings. The minimum absolute atomic E-state index is 0.179. The van der Waals surface area contributed by atoms with E-state index in [0.29, 0.717) is 27.3 Å². The maximum atomic E-state index is 13.2. The molecule has 1 aromatic heterocycles. The highest BCUT2D eigenvalue weighted by Gasteiger charge is 2.35. The van der Waals surface area contributed by atoms with Crippen LogP contribution in [0.5, 0.6) is 0 Å².